The third-order valence-electron chi connectivity index (χ3n) is 6.83. The number of ether oxygens (including phenoxy) is 1. The first-order valence-electron chi connectivity index (χ1n) is 16.1. The lowest BCUT2D eigenvalue weighted by Gasteiger charge is -2.18. The van der Waals surface area contributed by atoms with E-state index in [0.717, 1.165) is 83.5 Å². The molecule has 0 aromatic heterocycles. The van der Waals surface area contributed by atoms with Gasteiger partial charge in [-0.15, -0.1) is 0 Å². The van der Waals surface area contributed by atoms with E-state index in [1.165, 1.54) is 32.1 Å². The van der Waals surface area contributed by atoms with Crippen LogP contribution >= 0.6 is 0 Å². The Labute approximate surface area is 245 Å². The number of unbranched alkanes of at least 4 members (excludes halogenated alkanes) is 11. The molecule has 6 nitrogen and oxygen atoms in total. The van der Waals surface area contributed by atoms with Crippen molar-refractivity contribution in [1.29, 1.82) is 0 Å². The molecule has 6 heteroatoms. The summed E-state index contributed by atoms with van der Waals surface area (Å²) in [5.74, 6) is -1.33. The van der Waals surface area contributed by atoms with Gasteiger partial charge in [0.05, 0.1) is 0 Å². The van der Waals surface area contributed by atoms with Gasteiger partial charge < -0.3 is 15.2 Å². The van der Waals surface area contributed by atoms with Crippen LogP contribution in [0.5, 0.6) is 0 Å². The number of nitrogens with one attached hydrogen (secondary N) is 1. The lowest BCUT2D eigenvalue weighted by atomic mass is 10.0. The van der Waals surface area contributed by atoms with Gasteiger partial charge in [0.2, 0.25) is 5.91 Å². The highest BCUT2D eigenvalue weighted by Crippen LogP contribution is 2.17. The normalized spacial score (nSPS) is 12.4. The zero-order valence-corrected chi connectivity index (χ0v) is 25.7. The molecule has 0 radical (unpaired) electrons. The first-order valence-corrected chi connectivity index (χ1v) is 16.1. The van der Waals surface area contributed by atoms with E-state index >= 15 is 0 Å². The van der Waals surface area contributed by atoms with E-state index in [1.54, 1.807) is 0 Å². The van der Waals surface area contributed by atoms with Crippen LogP contribution in [0.3, 0.4) is 0 Å². The SMILES string of the molecule is CC/C=C\C/C=C\C/C=C\CCCCCCCCCC(=O)OC(CCCCC)CCCCCC(=O)NCC(=O)O. The maximum absolute atomic E-state index is 12.4. The third kappa shape index (κ3) is 28.6. The standard InChI is InChI=1S/C34H59NO5/c1-3-5-7-8-9-10-11-12-13-14-15-16-17-18-19-20-25-29-34(39)40-31(26-22-6-4-2)27-23-21-24-28-32(36)35-30-33(37)38/h5,7,9-10,12-13,31H,3-4,6,8,11,14-30H2,1-2H3,(H,35,36)(H,37,38)/b7-5-,10-9-,13-12-. The van der Waals surface area contributed by atoms with E-state index in [1.807, 2.05) is 0 Å². The summed E-state index contributed by atoms with van der Waals surface area (Å²) >= 11 is 0. The maximum Gasteiger partial charge on any atom is 0.322 e. The van der Waals surface area contributed by atoms with Gasteiger partial charge in [0.15, 0.2) is 0 Å². The van der Waals surface area contributed by atoms with E-state index < -0.39 is 5.97 Å². The Morgan fingerprint density at radius 2 is 1.23 bits per heavy atom. The van der Waals surface area contributed by atoms with E-state index in [-0.39, 0.29) is 24.5 Å². The maximum atomic E-state index is 12.4. The Balaban J connectivity index is 3.84. The van der Waals surface area contributed by atoms with Gasteiger partial charge in [-0.2, -0.15) is 0 Å². The molecule has 0 aliphatic heterocycles. The molecule has 0 aromatic rings. The summed E-state index contributed by atoms with van der Waals surface area (Å²) in [6.07, 6.45) is 34.3. The largest absolute Gasteiger partial charge is 0.480 e. The van der Waals surface area contributed by atoms with Crippen molar-refractivity contribution in [3.05, 3.63) is 36.5 Å². The van der Waals surface area contributed by atoms with Crippen LogP contribution in [0.2, 0.25) is 0 Å². The smallest absolute Gasteiger partial charge is 0.322 e. The van der Waals surface area contributed by atoms with Gasteiger partial charge >= 0.3 is 11.9 Å². The molecule has 0 fully saturated rings. The van der Waals surface area contributed by atoms with Crippen LogP contribution in [-0.4, -0.2) is 35.6 Å². The van der Waals surface area contributed by atoms with Gasteiger partial charge in [-0.25, -0.2) is 0 Å². The molecule has 1 unspecified atom stereocenters. The van der Waals surface area contributed by atoms with Crippen LogP contribution in [0.15, 0.2) is 36.5 Å². The molecule has 40 heavy (non-hydrogen) atoms. The molecule has 0 aliphatic rings. The van der Waals surface area contributed by atoms with Gasteiger partial charge in [-0.1, -0.05) is 102 Å². The number of aliphatic carboxylic acids is 1. The Morgan fingerprint density at radius 3 is 1.88 bits per heavy atom. The highest BCUT2D eigenvalue weighted by molar-refractivity contribution is 5.80. The highest BCUT2D eigenvalue weighted by Gasteiger charge is 2.14. The van der Waals surface area contributed by atoms with Crippen molar-refractivity contribution in [1.82, 2.24) is 5.32 Å². The van der Waals surface area contributed by atoms with Crippen molar-refractivity contribution in [2.24, 2.45) is 0 Å². The first kappa shape index (κ1) is 37.6. The average molecular weight is 562 g/mol. The van der Waals surface area contributed by atoms with Gasteiger partial charge in [-0.05, 0) is 70.6 Å². The number of amides is 1. The Bertz CT molecular complexity index is 713. The summed E-state index contributed by atoms with van der Waals surface area (Å²) in [7, 11) is 0. The first-order chi connectivity index (χ1) is 19.5. The van der Waals surface area contributed by atoms with E-state index in [9.17, 15) is 14.4 Å². The number of rotatable bonds is 28. The molecule has 1 atom stereocenters. The Morgan fingerprint density at radius 1 is 0.675 bits per heavy atom. The van der Waals surface area contributed by atoms with Gasteiger partial charge in [0, 0.05) is 12.8 Å². The zero-order valence-electron chi connectivity index (χ0n) is 25.7. The van der Waals surface area contributed by atoms with Crippen LogP contribution in [0.4, 0.5) is 0 Å². The lowest BCUT2D eigenvalue weighted by Crippen LogP contribution is -2.28. The minimum absolute atomic E-state index is 0.0343. The molecular weight excluding hydrogens is 502 g/mol. The zero-order chi connectivity index (χ0) is 29.5. The quantitative estimate of drug-likeness (QED) is 0.0565. The Hall–Kier alpha value is -2.37. The number of hydrogen-bond donors (Lipinski definition) is 2. The Kier molecular flexibility index (Phi) is 27.9. The van der Waals surface area contributed by atoms with Crippen molar-refractivity contribution < 1.29 is 24.2 Å². The molecule has 0 aliphatic carbocycles. The number of carbonyl (C=O) groups excluding carboxylic acids is 2. The van der Waals surface area contributed by atoms with Crippen LogP contribution in [-0.2, 0) is 19.1 Å². The molecule has 0 heterocycles. The molecular formula is C34H59NO5. The van der Waals surface area contributed by atoms with Gasteiger partial charge in [0.1, 0.15) is 12.6 Å². The van der Waals surface area contributed by atoms with Crippen molar-refractivity contribution in [3.8, 4) is 0 Å². The van der Waals surface area contributed by atoms with Crippen LogP contribution < -0.4 is 5.32 Å². The second kappa shape index (κ2) is 29.6. The lowest BCUT2D eigenvalue weighted by molar-refractivity contribution is -0.150. The second-order valence-electron chi connectivity index (χ2n) is 10.7. The van der Waals surface area contributed by atoms with Crippen molar-refractivity contribution in [2.45, 2.75) is 155 Å². The molecule has 0 saturated heterocycles. The third-order valence-corrected chi connectivity index (χ3v) is 6.83. The number of esters is 1. The molecule has 230 valence electrons. The number of carboxylic acid groups (broad SMARTS) is 1. The highest BCUT2D eigenvalue weighted by atomic mass is 16.5. The number of carboxylic acids is 1. The minimum Gasteiger partial charge on any atom is -0.480 e. The molecule has 1 amide bonds. The predicted octanol–water partition coefficient (Wildman–Crippen LogP) is 9.00. The van der Waals surface area contributed by atoms with E-state index in [0.29, 0.717) is 19.3 Å². The monoisotopic (exact) mass is 561 g/mol. The summed E-state index contributed by atoms with van der Waals surface area (Å²) in [6.45, 7) is 3.99. The van der Waals surface area contributed by atoms with E-state index in [2.05, 4.69) is 55.6 Å². The molecule has 0 rings (SSSR count). The van der Waals surface area contributed by atoms with Crippen LogP contribution in [0.1, 0.15) is 149 Å². The number of carbonyl (C=O) groups is 3. The minimum atomic E-state index is -1.03. The molecule has 2 N–H and O–H groups in total. The molecule has 0 bridgehead atoms. The van der Waals surface area contributed by atoms with Crippen molar-refractivity contribution in [2.75, 3.05) is 6.54 Å². The summed E-state index contributed by atoms with van der Waals surface area (Å²) in [4.78, 5) is 34.5. The number of allylic oxidation sites excluding steroid dienone is 6. The summed E-state index contributed by atoms with van der Waals surface area (Å²) in [5, 5.41) is 11.0. The number of hydrogen-bond acceptors (Lipinski definition) is 4. The van der Waals surface area contributed by atoms with Crippen LogP contribution in [0.25, 0.3) is 0 Å². The van der Waals surface area contributed by atoms with Gasteiger partial charge in [0.25, 0.3) is 0 Å². The molecule has 0 saturated carbocycles. The van der Waals surface area contributed by atoms with Crippen molar-refractivity contribution in [3.63, 3.8) is 0 Å². The summed E-state index contributed by atoms with van der Waals surface area (Å²) in [6, 6.07) is 0. The predicted molar refractivity (Wildman–Crippen MR) is 166 cm³/mol. The average Bonchev–Trinajstić information content (AvgIpc) is 2.93. The van der Waals surface area contributed by atoms with Gasteiger partial charge in [-0.3, -0.25) is 14.4 Å². The van der Waals surface area contributed by atoms with E-state index in [4.69, 9.17) is 9.84 Å². The fourth-order valence-corrected chi connectivity index (χ4v) is 4.47. The second-order valence-corrected chi connectivity index (χ2v) is 10.7. The topological polar surface area (TPSA) is 92.7 Å². The fourth-order valence-electron chi connectivity index (χ4n) is 4.47. The summed E-state index contributed by atoms with van der Waals surface area (Å²) in [5.41, 5.74) is 0. The van der Waals surface area contributed by atoms with Crippen LogP contribution in [0, 0.1) is 0 Å². The summed E-state index contributed by atoms with van der Waals surface area (Å²) < 4.78 is 5.82. The molecule has 0 aromatic carbocycles. The van der Waals surface area contributed by atoms with Crippen molar-refractivity contribution >= 4 is 17.8 Å². The molecule has 0 spiro atoms. The fraction of sp³-hybridized carbons (Fsp3) is 0.735.